The number of anilines is 3. The Morgan fingerprint density at radius 2 is 0.911 bits per heavy atom. The fourth-order valence-electron chi connectivity index (χ4n) is 7.66. The van der Waals surface area contributed by atoms with Crippen LogP contribution in [0.5, 0.6) is 0 Å². The lowest BCUT2D eigenvalue weighted by molar-refractivity contribution is 0.670. The van der Waals surface area contributed by atoms with Gasteiger partial charge in [-0.25, -0.2) is 0 Å². The van der Waals surface area contributed by atoms with E-state index >= 15 is 0 Å². The van der Waals surface area contributed by atoms with Gasteiger partial charge in [0.2, 0.25) is 0 Å². The van der Waals surface area contributed by atoms with Gasteiger partial charge in [0, 0.05) is 33.4 Å². The fraction of sp³-hybridized carbons (Fsp3) is 0. The monoisotopic (exact) mass is 720 g/mol. The molecule has 0 saturated carbocycles. The molecule has 0 amide bonds. The topological polar surface area (TPSA) is 16.4 Å². The Labute approximate surface area is 334 Å². The summed E-state index contributed by atoms with van der Waals surface area (Å²) in [7, 11) is 0. The van der Waals surface area contributed by atoms with Gasteiger partial charge in [-0.2, -0.15) is 0 Å². The Balaban J connectivity index is 1.08. The summed E-state index contributed by atoms with van der Waals surface area (Å²) >= 11 is 0. The zero-order chi connectivity index (χ0) is 41.6. The Kier molecular flexibility index (Phi) is 7.24. The van der Waals surface area contributed by atoms with Crippen LogP contribution in [-0.4, -0.2) is 0 Å². The number of hydrogen-bond donors (Lipinski definition) is 0. The predicted octanol–water partition coefficient (Wildman–Crippen LogP) is 15.4. The van der Waals surface area contributed by atoms with Crippen molar-refractivity contribution in [2.45, 2.75) is 0 Å². The van der Waals surface area contributed by atoms with E-state index in [-0.39, 0.29) is 29.7 Å². The molecule has 2 heteroatoms. The minimum absolute atomic E-state index is 0.169. The minimum atomic E-state index is -0.411. The van der Waals surface area contributed by atoms with Crippen molar-refractivity contribution in [3.8, 4) is 55.6 Å². The number of rotatable bonds is 8. The molecule has 2 nitrogen and oxygen atoms in total. The van der Waals surface area contributed by atoms with Gasteiger partial charge in [0.1, 0.15) is 11.2 Å². The van der Waals surface area contributed by atoms with Crippen molar-refractivity contribution in [2.75, 3.05) is 4.90 Å². The Hall–Kier alpha value is -7.42. The third-order valence-electron chi connectivity index (χ3n) is 10.4. The lowest BCUT2D eigenvalue weighted by Crippen LogP contribution is -2.10. The highest BCUT2D eigenvalue weighted by Gasteiger charge is 2.17. The van der Waals surface area contributed by atoms with Crippen molar-refractivity contribution in [1.29, 1.82) is 0 Å². The molecule has 0 unspecified atom stereocenters. The molecule has 56 heavy (non-hydrogen) atoms. The van der Waals surface area contributed by atoms with E-state index in [1.165, 1.54) is 5.56 Å². The number of para-hydroxylation sites is 2. The quantitative estimate of drug-likeness (QED) is 0.155. The summed E-state index contributed by atoms with van der Waals surface area (Å²) in [6.45, 7) is 0. The summed E-state index contributed by atoms with van der Waals surface area (Å²) in [5.41, 5.74) is 13.8. The molecule has 0 atom stereocenters. The van der Waals surface area contributed by atoms with Crippen LogP contribution in [0, 0.1) is 0 Å². The second kappa shape index (κ2) is 14.4. The van der Waals surface area contributed by atoms with E-state index in [0.717, 1.165) is 77.9 Å². The number of nitrogens with zero attached hydrogens (tertiary/aromatic N) is 1. The SMILES string of the molecule is [2H]c1c([2H])c([2H])c(-c2ccc(N(c3ccc(-c4ccc(-c5ccccc5)c(-c5ccccc5)c4)cc3)c3cccc(-c4cccc5c4oc4ccccc45)c3)cc2)c([2H])c1[2H]. The summed E-state index contributed by atoms with van der Waals surface area (Å²) in [6, 6.07) is 64.8. The van der Waals surface area contributed by atoms with E-state index in [1.807, 2.05) is 60.7 Å². The maximum Gasteiger partial charge on any atom is 0.143 e. The number of fused-ring (bicyclic) bond motifs is 3. The van der Waals surface area contributed by atoms with E-state index in [0.29, 0.717) is 5.56 Å². The third kappa shape index (κ3) is 6.24. The molecule has 0 aliphatic heterocycles. The first kappa shape index (κ1) is 28.1. The third-order valence-corrected chi connectivity index (χ3v) is 10.4. The van der Waals surface area contributed by atoms with Crippen molar-refractivity contribution in [2.24, 2.45) is 0 Å². The van der Waals surface area contributed by atoms with Crippen LogP contribution >= 0.6 is 0 Å². The van der Waals surface area contributed by atoms with E-state index in [9.17, 15) is 0 Å². The highest BCUT2D eigenvalue weighted by atomic mass is 16.3. The van der Waals surface area contributed by atoms with Crippen LogP contribution in [0.3, 0.4) is 0 Å². The Morgan fingerprint density at radius 3 is 1.62 bits per heavy atom. The van der Waals surface area contributed by atoms with Crippen LogP contribution in [0.25, 0.3) is 77.6 Å². The molecule has 9 aromatic carbocycles. The number of benzene rings is 9. The highest BCUT2D eigenvalue weighted by Crippen LogP contribution is 2.42. The van der Waals surface area contributed by atoms with Gasteiger partial charge >= 0.3 is 0 Å². The molecule has 10 aromatic rings. The summed E-state index contributed by atoms with van der Waals surface area (Å²) in [4.78, 5) is 2.17. The van der Waals surface area contributed by atoms with E-state index in [1.54, 1.807) is 0 Å². The molecule has 0 aliphatic carbocycles. The van der Waals surface area contributed by atoms with Crippen molar-refractivity contribution in [3.63, 3.8) is 0 Å². The second-order valence-electron chi connectivity index (χ2n) is 13.8. The molecule has 0 fully saturated rings. The van der Waals surface area contributed by atoms with Gasteiger partial charge in [-0.05, 0) is 98.6 Å². The standard InChI is InChI=1S/C54H37NO/c1-4-14-38(15-5-1)39-26-31-45(32-27-39)55(47-21-12-20-44(36-47)49-23-13-24-51-50-22-10-11-25-53(50)56-54(49)51)46-33-28-40(29-34-46)43-30-35-48(41-16-6-2-7-17-41)52(37-43)42-18-8-3-9-19-42/h1-37H/i1D,4D,5D,14D,15D. The molecule has 1 heterocycles. The Morgan fingerprint density at radius 1 is 0.339 bits per heavy atom. The normalized spacial score (nSPS) is 12.5. The molecule has 10 rings (SSSR count). The maximum atomic E-state index is 8.60. The van der Waals surface area contributed by atoms with Crippen LogP contribution in [0.15, 0.2) is 229 Å². The van der Waals surface area contributed by atoms with Gasteiger partial charge in [0.25, 0.3) is 0 Å². The van der Waals surface area contributed by atoms with Crippen LogP contribution in [0.1, 0.15) is 6.85 Å². The summed E-state index contributed by atoms with van der Waals surface area (Å²) in [6.07, 6.45) is 0. The molecule has 0 spiro atoms. The van der Waals surface area contributed by atoms with E-state index in [2.05, 4.69) is 138 Å². The molecular weight excluding hydrogens is 679 g/mol. The maximum absolute atomic E-state index is 8.60. The van der Waals surface area contributed by atoms with Gasteiger partial charge in [-0.3, -0.25) is 0 Å². The largest absolute Gasteiger partial charge is 0.455 e. The van der Waals surface area contributed by atoms with Gasteiger partial charge in [0.15, 0.2) is 0 Å². The summed E-state index contributed by atoms with van der Waals surface area (Å²) in [5, 5.41) is 2.13. The number of hydrogen-bond acceptors (Lipinski definition) is 2. The minimum Gasteiger partial charge on any atom is -0.455 e. The van der Waals surface area contributed by atoms with Crippen LogP contribution in [-0.2, 0) is 0 Å². The van der Waals surface area contributed by atoms with Crippen LogP contribution in [0.4, 0.5) is 17.1 Å². The average molecular weight is 721 g/mol. The van der Waals surface area contributed by atoms with Gasteiger partial charge in [-0.15, -0.1) is 0 Å². The zero-order valence-electron chi connectivity index (χ0n) is 35.3. The highest BCUT2D eigenvalue weighted by molar-refractivity contribution is 6.09. The lowest BCUT2D eigenvalue weighted by Gasteiger charge is -2.26. The average Bonchev–Trinajstić information content (AvgIpc) is 3.71. The van der Waals surface area contributed by atoms with Gasteiger partial charge in [-0.1, -0.05) is 176 Å². The van der Waals surface area contributed by atoms with Gasteiger partial charge < -0.3 is 9.32 Å². The molecule has 264 valence electrons. The molecule has 0 radical (unpaired) electrons. The molecule has 0 N–H and O–H groups in total. The molecule has 0 bridgehead atoms. The van der Waals surface area contributed by atoms with Crippen molar-refractivity contribution in [1.82, 2.24) is 0 Å². The smallest absolute Gasteiger partial charge is 0.143 e. The van der Waals surface area contributed by atoms with E-state index < -0.39 is 6.04 Å². The lowest BCUT2D eigenvalue weighted by atomic mass is 9.91. The molecule has 1 aromatic heterocycles. The second-order valence-corrected chi connectivity index (χ2v) is 13.8. The van der Waals surface area contributed by atoms with Crippen LogP contribution < -0.4 is 4.90 Å². The van der Waals surface area contributed by atoms with Crippen molar-refractivity contribution >= 4 is 39.0 Å². The first-order chi connectivity index (χ1) is 29.8. The molecule has 0 aliphatic rings. The number of furan rings is 1. The van der Waals surface area contributed by atoms with Crippen LogP contribution in [0.2, 0.25) is 0 Å². The zero-order valence-corrected chi connectivity index (χ0v) is 30.3. The first-order valence-corrected chi connectivity index (χ1v) is 18.7. The van der Waals surface area contributed by atoms with Crippen molar-refractivity contribution < 1.29 is 11.3 Å². The first-order valence-electron chi connectivity index (χ1n) is 21.2. The summed E-state index contributed by atoms with van der Waals surface area (Å²) in [5.74, 6) is 0. The Bertz CT molecular complexity index is 3210. The fourth-order valence-corrected chi connectivity index (χ4v) is 7.66. The summed E-state index contributed by atoms with van der Waals surface area (Å²) < 4.78 is 48.2. The predicted molar refractivity (Wildman–Crippen MR) is 236 cm³/mol. The van der Waals surface area contributed by atoms with E-state index in [4.69, 9.17) is 11.3 Å². The molecule has 0 saturated heterocycles. The molecular formula is C54H37NO. The van der Waals surface area contributed by atoms with Crippen molar-refractivity contribution in [3.05, 3.63) is 224 Å². The van der Waals surface area contributed by atoms with Gasteiger partial charge in [0.05, 0.1) is 6.85 Å².